The van der Waals surface area contributed by atoms with Crippen molar-refractivity contribution >= 4 is 17.5 Å². The van der Waals surface area contributed by atoms with Gasteiger partial charge in [0.1, 0.15) is 6.54 Å². The number of aromatic nitrogens is 2. The summed E-state index contributed by atoms with van der Waals surface area (Å²) in [6.45, 7) is 1.77. The van der Waals surface area contributed by atoms with Crippen LogP contribution in [0.2, 0.25) is 5.02 Å². The number of rotatable bonds is 5. The highest BCUT2D eigenvalue weighted by Gasteiger charge is 2.33. The van der Waals surface area contributed by atoms with E-state index in [1.807, 2.05) is 31.2 Å². The second-order valence-corrected chi connectivity index (χ2v) is 6.48. The number of hydrogen-bond acceptors (Lipinski definition) is 4. The van der Waals surface area contributed by atoms with E-state index in [9.17, 15) is 14.7 Å². The maximum Gasteiger partial charge on any atom is 0.289 e. The van der Waals surface area contributed by atoms with Gasteiger partial charge < -0.3 is 10.4 Å². The lowest BCUT2D eigenvalue weighted by Gasteiger charge is -2.19. The molecule has 1 aromatic carbocycles. The van der Waals surface area contributed by atoms with Crippen LogP contribution in [-0.4, -0.2) is 20.8 Å². The zero-order chi connectivity index (χ0) is 17.3. The summed E-state index contributed by atoms with van der Waals surface area (Å²) < 4.78 is 0.941. The number of nitrogens with one attached hydrogen (secondary N) is 1. The second kappa shape index (κ2) is 6.65. The van der Waals surface area contributed by atoms with E-state index in [0.29, 0.717) is 5.92 Å². The summed E-state index contributed by atoms with van der Waals surface area (Å²) in [7, 11) is 0. The Bertz CT molecular complexity index is 813. The van der Waals surface area contributed by atoms with Gasteiger partial charge in [-0.2, -0.15) is 5.10 Å². The average molecular weight is 348 g/mol. The molecule has 1 atom stereocenters. The molecule has 2 N–H and O–H groups in total. The van der Waals surface area contributed by atoms with Gasteiger partial charge in [0.05, 0.1) is 12.2 Å². The summed E-state index contributed by atoms with van der Waals surface area (Å²) in [6, 6.07) is 7.99. The average Bonchev–Trinajstić information content (AvgIpc) is 3.39. The number of aryl methyl sites for hydroxylation is 1. The van der Waals surface area contributed by atoms with Crippen LogP contribution in [0.25, 0.3) is 0 Å². The summed E-state index contributed by atoms with van der Waals surface area (Å²) in [4.78, 5) is 24.2. The molecule has 1 aliphatic rings. The van der Waals surface area contributed by atoms with Gasteiger partial charge in [-0.1, -0.05) is 41.4 Å². The van der Waals surface area contributed by atoms with Crippen molar-refractivity contribution in [3.05, 3.63) is 57.0 Å². The summed E-state index contributed by atoms with van der Waals surface area (Å²) in [6.07, 6.45) is 3.19. The van der Waals surface area contributed by atoms with Crippen LogP contribution >= 0.6 is 11.6 Å². The first kappa shape index (κ1) is 16.5. The lowest BCUT2D eigenvalue weighted by atomic mass is 10.0. The smallest absolute Gasteiger partial charge is 0.289 e. The SMILES string of the molecule is Cc1ccc([C@H](NC(=O)Cn2ncc(O)c(Cl)c2=O)C2CC2)cc1. The fourth-order valence-electron chi connectivity index (χ4n) is 2.60. The molecule has 0 unspecified atom stereocenters. The van der Waals surface area contributed by atoms with E-state index in [4.69, 9.17) is 11.6 Å². The molecule has 0 aliphatic heterocycles. The van der Waals surface area contributed by atoms with Crippen molar-refractivity contribution in [2.24, 2.45) is 5.92 Å². The number of halogens is 1. The first-order valence-corrected chi connectivity index (χ1v) is 8.14. The number of hydrogen-bond donors (Lipinski definition) is 2. The van der Waals surface area contributed by atoms with Gasteiger partial charge in [-0.3, -0.25) is 9.59 Å². The van der Waals surface area contributed by atoms with Crippen LogP contribution in [0.1, 0.15) is 30.0 Å². The molecule has 7 heteroatoms. The molecule has 1 saturated carbocycles. The van der Waals surface area contributed by atoms with Crippen molar-refractivity contribution in [3.8, 4) is 5.75 Å². The lowest BCUT2D eigenvalue weighted by molar-refractivity contribution is -0.122. The van der Waals surface area contributed by atoms with Crippen LogP contribution in [0.3, 0.4) is 0 Å². The highest BCUT2D eigenvalue weighted by Crippen LogP contribution is 2.41. The minimum atomic E-state index is -0.690. The number of amides is 1. The van der Waals surface area contributed by atoms with Gasteiger partial charge in [-0.15, -0.1) is 0 Å². The van der Waals surface area contributed by atoms with Crippen molar-refractivity contribution in [1.29, 1.82) is 0 Å². The number of carbonyl (C=O) groups is 1. The van der Waals surface area contributed by atoms with Gasteiger partial charge >= 0.3 is 0 Å². The molecule has 3 rings (SSSR count). The Morgan fingerprint density at radius 1 is 1.42 bits per heavy atom. The molecular weight excluding hydrogens is 330 g/mol. The summed E-state index contributed by atoms with van der Waals surface area (Å²) in [5.41, 5.74) is 1.53. The van der Waals surface area contributed by atoms with Crippen LogP contribution < -0.4 is 10.9 Å². The number of aromatic hydroxyl groups is 1. The molecule has 1 amide bonds. The third-order valence-corrected chi connectivity index (χ3v) is 4.46. The Kier molecular flexibility index (Phi) is 4.57. The molecule has 0 spiro atoms. The van der Waals surface area contributed by atoms with Gasteiger partial charge in [0.15, 0.2) is 10.8 Å². The standard InChI is InChI=1S/C17H18ClN3O3/c1-10-2-4-11(5-3-10)16(12-6-7-12)20-14(23)9-21-17(24)15(18)13(22)8-19-21/h2-5,8,12,16,22H,6-7,9H2,1H3,(H,20,23)/t16-/m0/s1. The minimum Gasteiger partial charge on any atom is -0.505 e. The maximum absolute atomic E-state index is 12.3. The van der Waals surface area contributed by atoms with Gasteiger partial charge in [0, 0.05) is 0 Å². The van der Waals surface area contributed by atoms with E-state index in [0.717, 1.165) is 34.8 Å². The Hall–Kier alpha value is -2.34. The number of nitrogens with zero attached hydrogens (tertiary/aromatic N) is 2. The summed E-state index contributed by atoms with van der Waals surface area (Å²) in [5.74, 6) is -0.289. The lowest BCUT2D eigenvalue weighted by Crippen LogP contribution is -2.36. The van der Waals surface area contributed by atoms with E-state index in [1.165, 1.54) is 0 Å². The predicted octanol–water partition coefficient (Wildman–Crippen LogP) is 2.18. The molecule has 1 aliphatic carbocycles. The Morgan fingerprint density at radius 3 is 2.71 bits per heavy atom. The van der Waals surface area contributed by atoms with Crippen molar-refractivity contribution in [1.82, 2.24) is 15.1 Å². The maximum atomic E-state index is 12.3. The summed E-state index contributed by atoms with van der Waals surface area (Å²) in [5, 5.41) is 15.7. The fraction of sp³-hybridized carbons (Fsp3) is 0.353. The van der Waals surface area contributed by atoms with Crippen LogP contribution in [0.4, 0.5) is 0 Å². The van der Waals surface area contributed by atoms with Gasteiger partial charge in [0.25, 0.3) is 5.56 Å². The van der Waals surface area contributed by atoms with Crippen molar-refractivity contribution < 1.29 is 9.90 Å². The molecule has 0 radical (unpaired) electrons. The highest BCUT2D eigenvalue weighted by atomic mass is 35.5. The van der Waals surface area contributed by atoms with Crippen molar-refractivity contribution in [2.45, 2.75) is 32.4 Å². The Labute approximate surface area is 144 Å². The van der Waals surface area contributed by atoms with Crippen LogP contribution in [0.5, 0.6) is 5.75 Å². The van der Waals surface area contributed by atoms with E-state index in [2.05, 4.69) is 10.4 Å². The topological polar surface area (TPSA) is 84.2 Å². The van der Waals surface area contributed by atoms with E-state index < -0.39 is 11.3 Å². The largest absolute Gasteiger partial charge is 0.505 e. The van der Waals surface area contributed by atoms with Gasteiger partial charge in [0.2, 0.25) is 5.91 Å². The van der Waals surface area contributed by atoms with E-state index in [-0.39, 0.29) is 23.5 Å². The zero-order valence-corrected chi connectivity index (χ0v) is 14.0. The van der Waals surface area contributed by atoms with Crippen molar-refractivity contribution in [3.63, 3.8) is 0 Å². The first-order chi connectivity index (χ1) is 11.5. The zero-order valence-electron chi connectivity index (χ0n) is 13.2. The Balaban J connectivity index is 1.74. The predicted molar refractivity (Wildman–Crippen MR) is 90.0 cm³/mol. The van der Waals surface area contributed by atoms with Crippen LogP contribution in [-0.2, 0) is 11.3 Å². The van der Waals surface area contributed by atoms with Crippen molar-refractivity contribution in [2.75, 3.05) is 0 Å². The number of benzene rings is 1. The van der Waals surface area contributed by atoms with E-state index in [1.54, 1.807) is 0 Å². The monoisotopic (exact) mass is 347 g/mol. The Morgan fingerprint density at radius 2 is 2.08 bits per heavy atom. The molecule has 2 aromatic rings. The number of carbonyl (C=O) groups excluding carboxylic acids is 1. The molecule has 126 valence electrons. The second-order valence-electron chi connectivity index (χ2n) is 6.10. The third kappa shape index (κ3) is 3.59. The highest BCUT2D eigenvalue weighted by molar-refractivity contribution is 6.31. The first-order valence-electron chi connectivity index (χ1n) is 7.76. The quantitative estimate of drug-likeness (QED) is 0.868. The van der Waals surface area contributed by atoms with Crippen LogP contribution in [0.15, 0.2) is 35.3 Å². The fourth-order valence-corrected chi connectivity index (χ4v) is 2.75. The minimum absolute atomic E-state index is 0.0682. The molecule has 1 aromatic heterocycles. The summed E-state index contributed by atoms with van der Waals surface area (Å²) >= 11 is 5.69. The third-order valence-electron chi connectivity index (χ3n) is 4.11. The molecule has 1 heterocycles. The van der Waals surface area contributed by atoms with Gasteiger partial charge in [-0.05, 0) is 31.2 Å². The molecule has 0 saturated heterocycles. The van der Waals surface area contributed by atoms with E-state index >= 15 is 0 Å². The molecule has 1 fully saturated rings. The normalized spacial score (nSPS) is 15.1. The molecule has 24 heavy (non-hydrogen) atoms. The molecule has 0 bridgehead atoms. The molecular formula is C17H18ClN3O3. The van der Waals surface area contributed by atoms with Crippen LogP contribution in [0, 0.1) is 12.8 Å². The van der Waals surface area contributed by atoms with Gasteiger partial charge in [-0.25, -0.2) is 4.68 Å². The molecule has 6 nitrogen and oxygen atoms in total.